The van der Waals surface area contributed by atoms with Crippen LogP contribution in [0.3, 0.4) is 0 Å². The van der Waals surface area contributed by atoms with E-state index in [1.54, 1.807) is 0 Å². The Morgan fingerprint density at radius 3 is 2.69 bits per heavy atom. The largest absolute Gasteiger partial charge is 0.392 e. The fourth-order valence-electron chi connectivity index (χ4n) is 10.0. The van der Waals surface area contributed by atoms with Crippen LogP contribution in [0.5, 0.6) is 0 Å². The number of likely N-dealkylation sites (tertiary alicyclic amines) is 1. The molecule has 1 saturated heterocycles. The third-order valence-corrected chi connectivity index (χ3v) is 10.5. The standard InChI is InChI=1S/C22H33NO3/c1-4-23-10-20(3)7-6-15(24)22-14(20)9-13(18(22)23)21-8-5-12(11(2)19(21)26)16(25)17(21)22/h12-19,24-26H,2,4-10H2,1,3H3/t12-,13+,14-,15+,16-,17-,18-,19-,20-,21+,22-/m1/s1. The average molecular weight is 360 g/mol. The van der Waals surface area contributed by atoms with Crippen LogP contribution in [0.4, 0.5) is 0 Å². The molecule has 0 aromatic carbocycles. The van der Waals surface area contributed by atoms with E-state index >= 15 is 0 Å². The van der Waals surface area contributed by atoms with E-state index in [-0.39, 0.29) is 34.2 Å². The second-order valence-corrected chi connectivity index (χ2v) is 10.8. The number of aliphatic hydroxyl groups is 3. The number of aliphatic hydroxyl groups excluding tert-OH is 3. The smallest absolute Gasteiger partial charge is 0.0814 e. The van der Waals surface area contributed by atoms with Crippen LogP contribution in [-0.4, -0.2) is 57.7 Å². The van der Waals surface area contributed by atoms with Crippen LogP contribution in [0.15, 0.2) is 12.2 Å². The van der Waals surface area contributed by atoms with Gasteiger partial charge in [0.15, 0.2) is 0 Å². The first-order valence-corrected chi connectivity index (χ1v) is 10.8. The normalized spacial score (nSPS) is 65.5. The Hall–Kier alpha value is -0.420. The summed E-state index contributed by atoms with van der Waals surface area (Å²) < 4.78 is 0. The molecule has 4 nitrogen and oxygen atoms in total. The van der Waals surface area contributed by atoms with Gasteiger partial charge in [-0.15, -0.1) is 0 Å². The molecule has 144 valence electrons. The molecule has 7 fully saturated rings. The Kier molecular flexibility index (Phi) is 2.92. The zero-order chi connectivity index (χ0) is 18.2. The zero-order valence-corrected chi connectivity index (χ0v) is 16.1. The number of rotatable bonds is 1. The molecule has 7 aliphatic rings. The number of hydrogen-bond acceptors (Lipinski definition) is 4. The Labute approximate surface area is 156 Å². The fraction of sp³-hybridized carbons (Fsp3) is 0.909. The summed E-state index contributed by atoms with van der Waals surface area (Å²) in [4.78, 5) is 2.62. The Morgan fingerprint density at radius 1 is 1.19 bits per heavy atom. The number of hydrogen-bond donors (Lipinski definition) is 3. The SMILES string of the molecule is C=C1[C@H]2CC[C@@]3([C@@H]1O)[C@@H]([C@@H]2O)[C@]12[C@@H]4C[C@H]3[C@H]1N(CC)C[C@@]4(C)CC[C@@H]2O. The second-order valence-electron chi connectivity index (χ2n) is 10.8. The summed E-state index contributed by atoms with van der Waals surface area (Å²) in [5, 5.41) is 34.4. The molecule has 6 saturated carbocycles. The summed E-state index contributed by atoms with van der Waals surface area (Å²) >= 11 is 0. The van der Waals surface area contributed by atoms with E-state index in [1.165, 1.54) is 0 Å². The second kappa shape index (κ2) is 4.59. The molecule has 6 aliphatic carbocycles. The van der Waals surface area contributed by atoms with Gasteiger partial charge >= 0.3 is 0 Å². The first-order valence-electron chi connectivity index (χ1n) is 10.8. The minimum Gasteiger partial charge on any atom is -0.392 e. The summed E-state index contributed by atoms with van der Waals surface area (Å²) in [6, 6.07) is 0.319. The van der Waals surface area contributed by atoms with Gasteiger partial charge in [0.1, 0.15) is 0 Å². The summed E-state index contributed by atoms with van der Waals surface area (Å²) in [7, 11) is 0. The molecular weight excluding hydrogens is 326 g/mol. The van der Waals surface area contributed by atoms with Gasteiger partial charge in [-0.05, 0) is 61.5 Å². The third-order valence-electron chi connectivity index (χ3n) is 10.5. The topological polar surface area (TPSA) is 63.9 Å². The van der Waals surface area contributed by atoms with Gasteiger partial charge in [-0.1, -0.05) is 20.4 Å². The van der Waals surface area contributed by atoms with Crippen LogP contribution >= 0.6 is 0 Å². The van der Waals surface area contributed by atoms with E-state index in [1.807, 2.05) is 0 Å². The van der Waals surface area contributed by atoms with E-state index in [0.29, 0.717) is 17.9 Å². The van der Waals surface area contributed by atoms with Gasteiger partial charge in [-0.25, -0.2) is 0 Å². The van der Waals surface area contributed by atoms with E-state index < -0.39 is 12.2 Å². The van der Waals surface area contributed by atoms with Gasteiger partial charge < -0.3 is 15.3 Å². The first kappa shape index (κ1) is 16.5. The predicted molar refractivity (Wildman–Crippen MR) is 98.2 cm³/mol. The highest BCUT2D eigenvalue weighted by atomic mass is 16.3. The van der Waals surface area contributed by atoms with E-state index in [2.05, 4.69) is 25.3 Å². The Bertz CT molecular complexity index is 695. The Balaban J connectivity index is 1.63. The number of nitrogens with zero attached hydrogens (tertiary/aromatic N) is 1. The maximum Gasteiger partial charge on any atom is 0.0814 e. The van der Waals surface area contributed by atoms with Gasteiger partial charge in [0.2, 0.25) is 0 Å². The lowest BCUT2D eigenvalue weighted by Gasteiger charge is -2.69. The molecule has 3 N–H and O–H groups in total. The van der Waals surface area contributed by atoms with Crippen molar-refractivity contribution in [1.29, 1.82) is 0 Å². The van der Waals surface area contributed by atoms with Gasteiger partial charge in [0, 0.05) is 35.3 Å². The minimum absolute atomic E-state index is 0.0155. The highest BCUT2D eigenvalue weighted by Crippen LogP contribution is 2.83. The lowest BCUT2D eigenvalue weighted by atomic mass is 9.38. The van der Waals surface area contributed by atoms with Crippen LogP contribution in [0, 0.1) is 39.9 Å². The lowest BCUT2D eigenvalue weighted by molar-refractivity contribution is -0.256. The van der Waals surface area contributed by atoms with Crippen molar-refractivity contribution < 1.29 is 15.3 Å². The molecule has 4 heteroatoms. The molecule has 0 radical (unpaired) electrons. The van der Waals surface area contributed by atoms with Crippen LogP contribution in [0.25, 0.3) is 0 Å². The molecule has 1 aliphatic heterocycles. The molecular formula is C22H33NO3. The van der Waals surface area contributed by atoms with Crippen LogP contribution < -0.4 is 0 Å². The van der Waals surface area contributed by atoms with E-state index in [9.17, 15) is 15.3 Å². The maximum atomic E-state index is 11.5. The van der Waals surface area contributed by atoms with E-state index in [4.69, 9.17) is 0 Å². The van der Waals surface area contributed by atoms with Gasteiger partial charge in [0.05, 0.1) is 18.3 Å². The van der Waals surface area contributed by atoms with Crippen LogP contribution in [0.1, 0.15) is 46.0 Å². The molecule has 26 heavy (non-hydrogen) atoms. The van der Waals surface area contributed by atoms with Crippen molar-refractivity contribution in [2.75, 3.05) is 13.1 Å². The monoisotopic (exact) mass is 359 g/mol. The van der Waals surface area contributed by atoms with Crippen molar-refractivity contribution in [3.63, 3.8) is 0 Å². The van der Waals surface area contributed by atoms with Gasteiger partial charge in [-0.3, -0.25) is 4.90 Å². The maximum absolute atomic E-state index is 11.5. The van der Waals surface area contributed by atoms with Crippen LogP contribution in [-0.2, 0) is 0 Å². The summed E-state index contributed by atoms with van der Waals surface area (Å²) in [5.41, 5.74) is 0.616. The minimum atomic E-state index is -0.500. The van der Waals surface area contributed by atoms with Crippen molar-refractivity contribution in [2.24, 2.45) is 39.9 Å². The van der Waals surface area contributed by atoms with Crippen molar-refractivity contribution >= 4 is 0 Å². The van der Waals surface area contributed by atoms with Crippen LogP contribution in [0.2, 0.25) is 0 Å². The number of piperidine rings is 1. The summed E-state index contributed by atoms with van der Waals surface area (Å²) in [6.07, 6.45) is 3.73. The molecule has 2 spiro atoms. The first-order chi connectivity index (χ1) is 12.3. The molecule has 0 aromatic rings. The van der Waals surface area contributed by atoms with Crippen molar-refractivity contribution in [3.8, 4) is 0 Å². The highest BCUT2D eigenvalue weighted by molar-refractivity contribution is 5.39. The quantitative estimate of drug-likeness (QED) is 0.625. The van der Waals surface area contributed by atoms with E-state index in [0.717, 1.165) is 50.8 Å². The van der Waals surface area contributed by atoms with Crippen molar-refractivity contribution in [1.82, 2.24) is 4.90 Å². The summed E-state index contributed by atoms with van der Waals surface area (Å²) in [6.45, 7) is 11.0. The average Bonchev–Trinajstić information content (AvgIpc) is 3.06. The third kappa shape index (κ3) is 1.34. The molecule has 1 heterocycles. The molecule has 0 aromatic heterocycles. The highest BCUT2D eigenvalue weighted by Gasteiger charge is 2.86. The lowest BCUT2D eigenvalue weighted by Crippen LogP contribution is -2.72. The molecule has 0 unspecified atom stereocenters. The van der Waals surface area contributed by atoms with Gasteiger partial charge in [0.25, 0.3) is 0 Å². The molecule has 7 rings (SSSR count). The zero-order valence-electron chi connectivity index (χ0n) is 16.1. The van der Waals surface area contributed by atoms with Gasteiger partial charge in [-0.2, -0.15) is 0 Å². The van der Waals surface area contributed by atoms with Crippen molar-refractivity contribution in [2.45, 2.75) is 70.3 Å². The Morgan fingerprint density at radius 2 is 1.96 bits per heavy atom. The fourth-order valence-corrected chi connectivity index (χ4v) is 10.0. The molecule has 0 amide bonds. The number of fused-ring (bicyclic) bond motifs is 2. The molecule has 7 bridgehead atoms. The molecule has 11 atom stereocenters. The summed E-state index contributed by atoms with van der Waals surface area (Å²) in [5.74, 6) is 0.921. The van der Waals surface area contributed by atoms with Crippen molar-refractivity contribution in [3.05, 3.63) is 12.2 Å². The predicted octanol–water partition coefficient (Wildman–Crippen LogP) is 1.79.